The van der Waals surface area contributed by atoms with E-state index in [1.54, 1.807) is 7.11 Å². The van der Waals surface area contributed by atoms with Gasteiger partial charge < -0.3 is 10.5 Å². The van der Waals surface area contributed by atoms with Gasteiger partial charge in [-0.2, -0.15) is 0 Å². The summed E-state index contributed by atoms with van der Waals surface area (Å²) in [6.45, 7) is 1.12. The molecule has 0 amide bonds. The molecule has 20 heavy (non-hydrogen) atoms. The zero-order valence-corrected chi connectivity index (χ0v) is 13.3. The quantitative estimate of drug-likeness (QED) is 0.390. The summed E-state index contributed by atoms with van der Waals surface area (Å²) in [6, 6.07) is 7.45. The van der Waals surface area contributed by atoms with Crippen LogP contribution in [0.3, 0.4) is 0 Å². The molecular formula is C13H22N2O3S2. The normalized spacial score (nSPS) is 11.7. The van der Waals surface area contributed by atoms with Crippen molar-refractivity contribution in [1.82, 2.24) is 4.72 Å². The molecule has 0 fully saturated rings. The molecule has 1 aromatic rings. The Kier molecular flexibility index (Phi) is 7.98. The molecule has 0 aliphatic heterocycles. The lowest BCUT2D eigenvalue weighted by molar-refractivity contribution is 0.193. The highest BCUT2D eigenvalue weighted by Gasteiger charge is 2.10. The Bertz CT molecular complexity index is 492. The molecule has 0 bridgehead atoms. The number of unbranched alkanes of at least 4 members (excludes halogenated alkanes) is 1. The van der Waals surface area contributed by atoms with Crippen LogP contribution in [-0.2, 0) is 14.8 Å². The van der Waals surface area contributed by atoms with Crippen LogP contribution in [0.15, 0.2) is 29.2 Å². The van der Waals surface area contributed by atoms with E-state index in [0.29, 0.717) is 24.6 Å². The van der Waals surface area contributed by atoms with Crippen LogP contribution in [0.4, 0.5) is 5.69 Å². The van der Waals surface area contributed by atoms with Crippen molar-refractivity contribution >= 4 is 27.5 Å². The number of hydrogen-bond acceptors (Lipinski definition) is 5. The molecule has 0 radical (unpaired) electrons. The SMILES string of the molecule is COCCCCNS(=O)(=O)CCSc1ccccc1N. The molecule has 0 aromatic heterocycles. The number of methoxy groups -OCH3 is 1. The van der Waals surface area contributed by atoms with Gasteiger partial charge in [-0.15, -0.1) is 11.8 Å². The minimum Gasteiger partial charge on any atom is -0.398 e. The Morgan fingerprint density at radius 3 is 2.75 bits per heavy atom. The van der Waals surface area contributed by atoms with Gasteiger partial charge in [0.1, 0.15) is 0 Å². The third-order valence-electron chi connectivity index (χ3n) is 2.63. The van der Waals surface area contributed by atoms with Gasteiger partial charge in [0, 0.05) is 36.6 Å². The number of ether oxygens (including phenoxy) is 1. The second-order valence-electron chi connectivity index (χ2n) is 4.30. The number of nitrogens with two attached hydrogens (primary N) is 1. The van der Waals surface area contributed by atoms with Gasteiger partial charge in [-0.3, -0.25) is 0 Å². The first-order valence-corrected chi connectivity index (χ1v) is 9.12. The summed E-state index contributed by atoms with van der Waals surface area (Å²) in [6.07, 6.45) is 1.64. The molecule has 7 heteroatoms. The molecule has 0 spiro atoms. The highest BCUT2D eigenvalue weighted by Crippen LogP contribution is 2.24. The molecule has 114 valence electrons. The van der Waals surface area contributed by atoms with Crippen molar-refractivity contribution in [3.8, 4) is 0 Å². The van der Waals surface area contributed by atoms with Crippen molar-refractivity contribution in [3.05, 3.63) is 24.3 Å². The monoisotopic (exact) mass is 318 g/mol. The van der Waals surface area contributed by atoms with E-state index in [0.717, 1.165) is 17.7 Å². The van der Waals surface area contributed by atoms with Gasteiger partial charge in [-0.1, -0.05) is 12.1 Å². The van der Waals surface area contributed by atoms with E-state index in [9.17, 15) is 8.42 Å². The third-order valence-corrected chi connectivity index (χ3v) is 5.36. The van der Waals surface area contributed by atoms with Gasteiger partial charge in [-0.05, 0) is 25.0 Å². The van der Waals surface area contributed by atoms with Gasteiger partial charge in [0.2, 0.25) is 10.0 Å². The molecule has 1 rings (SSSR count). The molecule has 0 heterocycles. The number of anilines is 1. The van der Waals surface area contributed by atoms with E-state index in [4.69, 9.17) is 10.5 Å². The van der Waals surface area contributed by atoms with E-state index in [1.807, 2.05) is 24.3 Å². The lowest BCUT2D eigenvalue weighted by Crippen LogP contribution is -2.28. The summed E-state index contributed by atoms with van der Waals surface area (Å²) in [5.74, 6) is 0.581. The lowest BCUT2D eigenvalue weighted by Gasteiger charge is -2.07. The predicted molar refractivity (Wildman–Crippen MR) is 84.5 cm³/mol. The van der Waals surface area contributed by atoms with Crippen molar-refractivity contribution in [2.45, 2.75) is 17.7 Å². The summed E-state index contributed by atoms with van der Waals surface area (Å²) in [4.78, 5) is 0.919. The minimum atomic E-state index is -3.20. The zero-order valence-electron chi connectivity index (χ0n) is 11.7. The lowest BCUT2D eigenvalue weighted by atomic mass is 10.3. The summed E-state index contributed by atoms with van der Waals surface area (Å²) in [5, 5.41) is 0. The molecule has 1 aromatic carbocycles. The minimum absolute atomic E-state index is 0.0935. The maximum atomic E-state index is 11.8. The second kappa shape index (κ2) is 9.23. The Hall–Kier alpha value is -0.760. The molecule has 0 unspecified atom stereocenters. The average Bonchev–Trinajstić information content (AvgIpc) is 2.40. The van der Waals surface area contributed by atoms with Crippen molar-refractivity contribution in [1.29, 1.82) is 0 Å². The van der Waals surface area contributed by atoms with Crippen LogP contribution in [0, 0.1) is 0 Å². The smallest absolute Gasteiger partial charge is 0.212 e. The van der Waals surface area contributed by atoms with E-state index >= 15 is 0 Å². The Morgan fingerprint density at radius 1 is 1.30 bits per heavy atom. The Labute approximate surface area is 125 Å². The number of sulfonamides is 1. The maximum Gasteiger partial charge on any atom is 0.212 e. The van der Waals surface area contributed by atoms with Crippen LogP contribution in [0.1, 0.15) is 12.8 Å². The highest BCUT2D eigenvalue weighted by molar-refractivity contribution is 8.00. The molecule has 3 N–H and O–H groups in total. The topological polar surface area (TPSA) is 81.4 Å². The third kappa shape index (κ3) is 7.14. The number of rotatable bonds is 10. The summed E-state index contributed by atoms with van der Waals surface area (Å²) in [7, 11) is -1.57. The summed E-state index contributed by atoms with van der Waals surface area (Å²) in [5.41, 5.74) is 6.48. The molecule has 0 aliphatic rings. The van der Waals surface area contributed by atoms with Crippen LogP contribution in [0.5, 0.6) is 0 Å². The number of nitrogens with one attached hydrogen (secondary N) is 1. The second-order valence-corrected chi connectivity index (χ2v) is 7.36. The fourth-order valence-electron chi connectivity index (χ4n) is 1.54. The van der Waals surface area contributed by atoms with Crippen LogP contribution >= 0.6 is 11.8 Å². The van der Waals surface area contributed by atoms with Crippen LogP contribution in [0.2, 0.25) is 0 Å². The van der Waals surface area contributed by atoms with E-state index in [2.05, 4.69) is 4.72 Å². The van der Waals surface area contributed by atoms with Crippen molar-refractivity contribution in [2.75, 3.05) is 37.5 Å². The van der Waals surface area contributed by atoms with Crippen molar-refractivity contribution in [3.63, 3.8) is 0 Å². The molecular weight excluding hydrogens is 296 g/mol. The Morgan fingerprint density at radius 2 is 2.05 bits per heavy atom. The molecule has 0 saturated heterocycles. The van der Waals surface area contributed by atoms with Crippen LogP contribution in [0.25, 0.3) is 0 Å². The number of thioether (sulfide) groups is 1. The van der Waals surface area contributed by atoms with E-state index in [-0.39, 0.29) is 5.75 Å². The number of hydrogen-bond donors (Lipinski definition) is 2. The van der Waals surface area contributed by atoms with Crippen LogP contribution in [-0.4, -0.2) is 40.2 Å². The van der Waals surface area contributed by atoms with E-state index < -0.39 is 10.0 Å². The molecule has 0 atom stereocenters. The van der Waals surface area contributed by atoms with Crippen LogP contribution < -0.4 is 10.5 Å². The molecule has 0 saturated carbocycles. The molecule has 5 nitrogen and oxygen atoms in total. The first kappa shape index (κ1) is 17.3. The average molecular weight is 318 g/mol. The van der Waals surface area contributed by atoms with E-state index in [1.165, 1.54) is 11.8 Å². The number of para-hydroxylation sites is 1. The standard InChI is InChI=1S/C13H22N2O3S2/c1-18-9-5-4-8-15-20(16,17)11-10-19-13-7-3-2-6-12(13)14/h2-3,6-7,15H,4-5,8-11,14H2,1H3. The van der Waals surface area contributed by atoms with Crippen molar-refractivity contribution in [2.24, 2.45) is 0 Å². The van der Waals surface area contributed by atoms with Gasteiger partial charge in [0.15, 0.2) is 0 Å². The summed E-state index contributed by atoms with van der Waals surface area (Å²) >= 11 is 1.46. The van der Waals surface area contributed by atoms with Gasteiger partial charge in [0.25, 0.3) is 0 Å². The molecule has 0 aliphatic carbocycles. The predicted octanol–water partition coefficient (Wildman–Crippen LogP) is 1.71. The fraction of sp³-hybridized carbons (Fsp3) is 0.538. The van der Waals surface area contributed by atoms with Crippen molar-refractivity contribution < 1.29 is 13.2 Å². The van der Waals surface area contributed by atoms with Gasteiger partial charge >= 0.3 is 0 Å². The Balaban J connectivity index is 2.24. The zero-order chi connectivity index (χ0) is 14.8. The number of nitrogen functional groups attached to an aromatic ring is 1. The largest absolute Gasteiger partial charge is 0.398 e. The highest BCUT2D eigenvalue weighted by atomic mass is 32.2. The number of benzene rings is 1. The maximum absolute atomic E-state index is 11.8. The van der Waals surface area contributed by atoms with Gasteiger partial charge in [-0.25, -0.2) is 13.1 Å². The first-order valence-electron chi connectivity index (χ1n) is 6.49. The summed E-state index contributed by atoms with van der Waals surface area (Å²) < 4.78 is 31.0. The van der Waals surface area contributed by atoms with Gasteiger partial charge in [0.05, 0.1) is 5.75 Å². The first-order chi connectivity index (χ1) is 9.55. The fourth-order valence-corrected chi connectivity index (χ4v) is 3.98.